The van der Waals surface area contributed by atoms with Crippen molar-refractivity contribution in [2.45, 2.75) is 25.4 Å². The highest BCUT2D eigenvalue weighted by Crippen LogP contribution is 2.66. The lowest BCUT2D eigenvalue weighted by molar-refractivity contribution is -0.192. The summed E-state index contributed by atoms with van der Waals surface area (Å²) in [5, 5.41) is 3.04. The first kappa shape index (κ1) is 10.6. The number of ether oxygens (including phenoxy) is 1. The lowest BCUT2D eigenvalue weighted by atomic mass is 9.49. The minimum Gasteiger partial charge on any atom is -0.369 e. The summed E-state index contributed by atoms with van der Waals surface area (Å²) >= 11 is 0. The van der Waals surface area contributed by atoms with Crippen molar-refractivity contribution in [2.24, 2.45) is 17.8 Å². The summed E-state index contributed by atoms with van der Waals surface area (Å²) in [6.45, 7) is 2.97. The Kier molecular flexibility index (Phi) is 1.97. The van der Waals surface area contributed by atoms with Crippen LogP contribution in [0.3, 0.4) is 0 Å². The summed E-state index contributed by atoms with van der Waals surface area (Å²) in [6, 6.07) is 8.11. The van der Waals surface area contributed by atoms with E-state index in [1.807, 2.05) is 18.2 Å². The van der Waals surface area contributed by atoms with Gasteiger partial charge in [-0.25, -0.2) is 0 Å². The molecular formula is C15H17NO2. The zero-order chi connectivity index (χ0) is 12.3. The van der Waals surface area contributed by atoms with Gasteiger partial charge in [0.1, 0.15) is 5.60 Å². The highest BCUT2D eigenvalue weighted by Gasteiger charge is 2.69. The number of rotatable bonds is 1. The normalized spacial score (nSPS) is 40.3. The van der Waals surface area contributed by atoms with Gasteiger partial charge in [-0.3, -0.25) is 4.79 Å². The molecule has 18 heavy (non-hydrogen) atoms. The van der Waals surface area contributed by atoms with Crippen LogP contribution in [0, 0.1) is 17.8 Å². The second-order valence-electron chi connectivity index (χ2n) is 5.62. The molecule has 2 aliphatic heterocycles. The standard InChI is InChI=1S/C15H17NO2/c1-2-9-10-7-8-18-15(10)11-5-3-4-6-12(11)16-14(17)13(9)15/h3-6,9-10,13H,2,7-8H2,1H3,(H,16,17)/t9-,10+,13-,15-/m1/s1. The van der Waals surface area contributed by atoms with Crippen LogP contribution in [0.4, 0.5) is 5.69 Å². The monoisotopic (exact) mass is 243 g/mol. The van der Waals surface area contributed by atoms with Crippen LogP contribution in [-0.4, -0.2) is 12.5 Å². The third-order valence-corrected chi connectivity index (χ3v) is 5.09. The van der Waals surface area contributed by atoms with Gasteiger partial charge in [-0.2, -0.15) is 0 Å². The number of para-hydroxylation sites is 1. The van der Waals surface area contributed by atoms with Crippen molar-refractivity contribution >= 4 is 11.6 Å². The van der Waals surface area contributed by atoms with Crippen molar-refractivity contribution in [1.82, 2.24) is 0 Å². The van der Waals surface area contributed by atoms with Crippen LogP contribution in [0.1, 0.15) is 25.3 Å². The van der Waals surface area contributed by atoms with Crippen molar-refractivity contribution in [3.63, 3.8) is 0 Å². The molecule has 1 aromatic carbocycles. The quantitative estimate of drug-likeness (QED) is 0.823. The van der Waals surface area contributed by atoms with Gasteiger partial charge in [-0.15, -0.1) is 0 Å². The van der Waals surface area contributed by atoms with Crippen LogP contribution in [0.15, 0.2) is 24.3 Å². The van der Waals surface area contributed by atoms with Gasteiger partial charge in [0, 0.05) is 17.9 Å². The number of carbonyl (C=O) groups is 1. The smallest absolute Gasteiger partial charge is 0.231 e. The first-order valence-corrected chi connectivity index (χ1v) is 6.83. The summed E-state index contributed by atoms with van der Waals surface area (Å²) in [7, 11) is 0. The van der Waals surface area contributed by atoms with Gasteiger partial charge in [0.2, 0.25) is 5.91 Å². The van der Waals surface area contributed by atoms with E-state index in [-0.39, 0.29) is 17.4 Å². The first-order chi connectivity index (χ1) is 8.79. The number of fused-ring (bicyclic) bond motifs is 1. The molecule has 1 spiro atoms. The fourth-order valence-electron chi connectivity index (χ4n) is 4.46. The summed E-state index contributed by atoms with van der Waals surface area (Å²) in [5.41, 5.74) is 1.83. The average molecular weight is 243 g/mol. The molecule has 2 heterocycles. The molecule has 1 aliphatic carbocycles. The number of amides is 1. The minimum atomic E-state index is -0.306. The maximum atomic E-state index is 12.3. The summed E-state index contributed by atoms with van der Waals surface area (Å²) in [5.74, 6) is 1.18. The van der Waals surface area contributed by atoms with Gasteiger partial charge >= 0.3 is 0 Å². The fraction of sp³-hybridized carbons (Fsp3) is 0.533. The Morgan fingerprint density at radius 3 is 3.11 bits per heavy atom. The van der Waals surface area contributed by atoms with Gasteiger partial charge < -0.3 is 10.1 Å². The lowest BCUT2D eigenvalue weighted by Gasteiger charge is -2.58. The van der Waals surface area contributed by atoms with Gasteiger partial charge in [0.25, 0.3) is 0 Å². The molecule has 1 amide bonds. The molecular weight excluding hydrogens is 226 g/mol. The molecule has 0 bridgehead atoms. The molecule has 1 saturated heterocycles. The van der Waals surface area contributed by atoms with Crippen molar-refractivity contribution in [2.75, 3.05) is 11.9 Å². The highest BCUT2D eigenvalue weighted by molar-refractivity contribution is 5.98. The molecule has 1 saturated carbocycles. The Morgan fingerprint density at radius 1 is 1.44 bits per heavy atom. The molecule has 3 aliphatic rings. The van der Waals surface area contributed by atoms with Crippen LogP contribution < -0.4 is 5.32 Å². The van der Waals surface area contributed by atoms with E-state index < -0.39 is 0 Å². The van der Waals surface area contributed by atoms with E-state index in [2.05, 4.69) is 18.3 Å². The van der Waals surface area contributed by atoms with E-state index in [9.17, 15) is 4.79 Å². The minimum absolute atomic E-state index is 0.0184. The average Bonchev–Trinajstić information content (AvgIpc) is 2.70. The fourth-order valence-corrected chi connectivity index (χ4v) is 4.46. The van der Waals surface area contributed by atoms with Crippen molar-refractivity contribution in [1.29, 1.82) is 0 Å². The van der Waals surface area contributed by atoms with Gasteiger partial charge in [-0.05, 0) is 24.3 Å². The van der Waals surface area contributed by atoms with E-state index >= 15 is 0 Å². The van der Waals surface area contributed by atoms with Crippen molar-refractivity contribution in [3.05, 3.63) is 29.8 Å². The second kappa shape index (κ2) is 3.35. The molecule has 94 valence electrons. The van der Waals surface area contributed by atoms with E-state index in [4.69, 9.17) is 4.74 Å². The maximum Gasteiger partial charge on any atom is 0.231 e. The molecule has 3 heteroatoms. The molecule has 2 fully saturated rings. The number of nitrogens with one attached hydrogen (secondary N) is 1. The largest absolute Gasteiger partial charge is 0.369 e. The van der Waals surface area contributed by atoms with Crippen LogP contribution in [0.25, 0.3) is 0 Å². The Bertz CT molecular complexity index is 527. The van der Waals surface area contributed by atoms with Crippen LogP contribution in [-0.2, 0) is 15.1 Å². The lowest BCUT2D eigenvalue weighted by Crippen LogP contribution is -2.64. The van der Waals surface area contributed by atoms with Gasteiger partial charge in [0.15, 0.2) is 0 Å². The molecule has 1 N–H and O–H groups in total. The van der Waals surface area contributed by atoms with Crippen LogP contribution in [0.2, 0.25) is 0 Å². The zero-order valence-corrected chi connectivity index (χ0v) is 10.5. The second-order valence-corrected chi connectivity index (χ2v) is 5.62. The van der Waals surface area contributed by atoms with E-state index in [1.54, 1.807) is 0 Å². The third-order valence-electron chi connectivity index (χ3n) is 5.09. The SMILES string of the molecule is CC[C@@H]1[C@@H]2CCO[C@@]23c2ccccc2NC(=O)[C@@H]13. The molecule has 0 unspecified atom stereocenters. The Labute approximate surface area is 107 Å². The van der Waals surface area contributed by atoms with Crippen LogP contribution >= 0.6 is 0 Å². The molecule has 0 aromatic heterocycles. The Morgan fingerprint density at radius 2 is 2.28 bits per heavy atom. The molecule has 0 radical (unpaired) electrons. The Balaban J connectivity index is 1.91. The van der Waals surface area contributed by atoms with Crippen LogP contribution in [0.5, 0.6) is 0 Å². The zero-order valence-electron chi connectivity index (χ0n) is 10.5. The summed E-state index contributed by atoms with van der Waals surface area (Å²) in [6.07, 6.45) is 2.16. The molecule has 3 nitrogen and oxygen atoms in total. The van der Waals surface area contributed by atoms with E-state index in [0.29, 0.717) is 11.8 Å². The first-order valence-electron chi connectivity index (χ1n) is 6.83. The van der Waals surface area contributed by atoms with E-state index in [1.165, 1.54) is 5.56 Å². The number of carbonyl (C=O) groups excluding carboxylic acids is 1. The number of hydrogen-bond donors (Lipinski definition) is 1. The predicted molar refractivity (Wildman–Crippen MR) is 68.1 cm³/mol. The third kappa shape index (κ3) is 0.985. The van der Waals surface area contributed by atoms with E-state index in [0.717, 1.165) is 25.1 Å². The molecule has 4 atom stereocenters. The highest BCUT2D eigenvalue weighted by atomic mass is 16.5. The molecule has 4 rings (SSSR count). The number of anilines is 1. The summed E-state index contributed by atoms with van der Waals surface area (Å²) in [4.78, 5) is 12.3. The predicted octanol–water partition coefficient (Wildman–Crippen LogP) is 2.53. The van der Waals surface area contributed by atoms with Gasteiger partial charge in [0.05, 0.1) is 5.92 Å². The molecule has 1 aromatic rings. The summed E-state index contributed by atoms with van der Waals surface area (Å²) < 4.78 is 6.11. The number of benzene rings is 1. The van der Waals surface area contributed by atoms with Crippen molar-refractivity contribution in [3.8, 4) is 0 Å². The van der Waals surface area contributed by atoms with Gasteiger partial charge in [-0.1, -0.05) is 31.5 Å². The topological polar surface area (TPSA) is 38.3 Å². The number of hydrogen-bond acceptors (Lipinski definition) is 2. The van der Waals surface area contributed by atoms with Crippen molar-refractivity contribution < 1.29 is 9.53 Å². The Hall–Kier alpha value is -1.35. The maximum absolute atomic E-state index is 12.3.